The fourth-order valence-electron chi connectivity index (χ4n) is 0.958. The summed E-state index contributed by atoms with van der Waals surface area (Å²) in [5, 5.41) is 5.37. The molecule has 1 aromatic heterocycles. The van der Waals surface area contributed by atoms with Gasteiger partial charge in [-0.3, -0.25) is 0 Å². The molecule has 0 saturated heterocycles. The number of rotatable bonds is 4. The van der Waals surface area contributed by atoms with Gasteiger partial charge in [-0.15, -0.1) is 11.3 Å². The Morgan fingerprint density at radius 2 is 2.45 bits per heavy atom. The zero-order chi connectivity index (χ0) is 8.10. The minimum atomic E-state index is 0.636. The van der Waals surface area contributed by atoms with E-state index in [1.165, 1.54) is 17.7 Å². The Morgan fingerprint density at radius 1 is 1.64 bits per heavy atom. The summed E-state index contributed by atoms with van der Waals surface area (Å²) >= 11 is 1.85. The van der Waals surface area contributed by atoms with Gasteiger partial charge < -0.3 is 5.32 Å². The van der Waals surface area contributed by atoms with E-state index in [2.05, 4.69) is 29.8 Å². The average molecular weight is 169 g/mol. The molecular weight excluding hydrogens is 154 g/mol. The lowest BCUT2D eigenvalue weighted by molar-refractivity contribution is 0.567. The van der Waals surface area contributed by atoms with Crippen LogP contribution in [-0.2, 0) is 6.42 Å². The topological polar surface area (TPSA) is 12.0 Å². The molecule has 1 N–H and O–H groups in total. The van der Waals surface area contributed by atoms with E-state index in [0.29, 0.717) is 6.04 Å². The summed E-state index contributed by atoms with van der Waals surface area (Å²) in [6, 6.07) is 4.95. The Kier molecular flexibility index (Phi) is 3.60. The molecular formula is C9H15NS. The molecule has 1 rings (SSSR count). The Labute approximate surface area is 72.4 Å². The van der Waals surface area contributed by atoms with Crippen molar-refractivity contribution in [2.75, 3.05) is 7.05 Å². The Balaban J connectivity index is 2.23. The van der Waals surface area contributed by atoms with E-state index in [0.717, 1.165) is 0 Å². The van der Waals surface area contributed by atoms with Crippen LogP contribution < -0.4 is 5.32 Å². The Morgan fingerprint density at radius 3 is 3.00 bits per heavy atom. The first-order valence-corrected chi connectivity index (χ1v) is 4.90. The quantitative estimate of drug-likeness (QED) is 0.729. The second kappa shape index (κ2) is 4.52. The SMILES string of the molecule is CN[C@H](C)CCc1cccs1. The van der Waals surface area contributed by atoms with E-state index in [9.17, 15) is 0 Å². The molecule has 0 saturated carbocycles. The molecule has 62 valence electrons. The summed E-state index contributed by atoms with van der Waals surface area (Å²) in [6.07, 6.45) is 2.44. The summed E-state index contributed by atoms with van der Waals surface area (Å²) in [7, 11) is 2.01. The molecule has 1 nitrogen and oxygen atoms in total. The lowest BCUT2D eigenvalue weighted by Gasteiger charge is -2.07. The minimum absolute atomic E-state index is 0.636. The number of thiophene rings is 1. The molecule has 0 aromatic carbocycles. The first kappa shape index (κ1) is 8.75. The van der Waals surface area contributed by atoms with Crippen molar-refractivity contribution in [1.82, 2.24) is 5.32 Å². The van der Waals surface area contributed by atoms with Crippen LogP contribution in [0.15, 0.2) is 17.5 Å². The van der Waals surface area contributed by atoms with Crippen LogP contribution in [-0.4, -0.2) is 13.1 Å². The summed E-state index contributed by atoms with van der Waals surface area (Å²) in [5.41, 5.74) is 0. The molecule has 0 aliphatic rings. The van der Waals surface area contributed by atoms with Crippen molar-refractivity contribution >= 4 is 11.3 Å². The number of hydrogen-bond donors (Lipinski definition) is 1. The summed E-state index contributed by atoms with van der Waals surface area (Å²) in [5.74, 6) is 0. The molecule has 0 aliphatic carbocycles. The molecule has 0 radical (unpaired) electrons. The van der Waals surface area contributed by atoms with Crippen molar-refractivity contribution in [3.8, 4) is 0 Å². The predicted octanol–water partition coefficient (Wildman–Crippen LogP) is 2.29. The van der Waals surface area contributed by atoms with Gasteiger partial charge in [0.2, 0.25) is 0 Å². The highest BCUT2D eigenvalue weighted by Gasteiger charge is 1.98. The van der Waals surface area contributed by atoms with E-state index in [1.54, 1.807) is 0 Å². The highest BCUT2D eigenvalue weighted by atomic mass is 32.1. The fraction of sp³-hybridized carbons (Fsp3) is 0.556. The van der Waals surface area contributed by atoms with Crippen LogP contribution in [0.4, 0.5) is 0 Å². The van der Waals surface area contributed by atoms with Crippen LogP contribution in [0.3, 0.4) is 0 Å². The maximum absolute atomic E-state index is 3.23. The fourth-order valence-corrected chi connectivity index (χ4v) is 1.68. The van der Waals surface area contributed by atoms with Crippen LogP contribution in [0.5, 0.6) is 0 Å². The zero-order valence-corrected chi connectivity index (χ0v) is 7.95. The van der Waals surface area contributed by atoms with Gasteiger partial charge in [0.1, 0.15) is 0 Å². The maximum Gasteiger partial charge on any atom is 0.00458 e. The summed E-state index contributed by atoms with van der Waals surface area (Å²) < 4.78 is 0. The first-order chi connectivity index (χ1) is 5.33. The first-order valence-electron chi connectivity index (χ1n) is 4.02. The molecule has 1 heterocycles. The number of aryl methyl sites for hydroxylation is 1. The van der Waals surface area contributed by atoms with Crippen LogP contribution >= 0.6 is 11.3 Å². The maximum atomic E-state index is 3.23. The highest BCUT2D eigenvalue weighted by molar-refractivity contribution is 7.09. The standard InChI is InChI=1S/C9H15NS/c1-8(10-2)5-6-9-4-3-7-11-9/h3-4,7-8,10H,5-6H2,1-2H3/t8-/m1/s1. The third-order valence-corrected chi connectivity index (χ3v) is 2.83. The van der Waals surface area contributed by atoms with Crippen molar-refractivity contribution < 1.29 is 0 Å². The average Bonchev–Trinajstić information content (AvgIpc) is 2.52. The third-order valence-electron chi connectivity index (χ3n) is 1.90. The number of hydrogen-bond acceptors (Lipinski definition) is 2. The number of nitrogens with one attached hydrogen (secondary N) is 1. The Hall–Kier alpha value is -0.340. The summed E-state index contributed by atoms with van der Waals surface area (Å²) in [4.78, 5) is 1.49. The molecule has 0 fully saturated rings. The van der Waals surface area contributed by atoms with Crippen molar-refractivity contribution in [2.24, 2.45) is 0 Å². The second-order valence-corrected chi connectivity index (χ2v) is 3.84. The van der Waals surface area contributed by atoms with Gasteiger partial charge in [-0.1, -0.05) is 6.07 Å². The normalized spacial score (nSPS) is 13.3. The van der Waals surface area contributed by atoms with Crippen LogP contribution in [0.2, 0.25) is 0 Å². The molecule has 0 spiro atoms. The molecule has 0 unspecified atom stereocenters. The van der Waals surface area contributed by atoms with E-state index in [-0.39, 0.29) is 0 Å². The van der Waals surface area contributed by atoms with Crippen molar-refractivity contribution in [1.29, 1.82) is 0 Å². The van der Waals surface area contributed by atoms with Gasteiger partial charge in [0.05, 0.1) is 0 Å². The van der Waals surface area contributed by atoms with Gasteiger partial charge in [0, 0.05) is 10.9 Å². The highest BCUT2D eigenvalue weighted by Crippen LogP contribution is 2.11. The predicted molar refractivity (Wildman–Crippen MR) is 51.2 cm³/mol. The van der Waals surface area contributed by atoms with Gasteiger partial charge in [-0.2, -0.15) is 0 Å². The van der Waals surface area contributed by atoms with Gasteiger partial charge >= 0.3 is 0 Å². The van der Waals surface area contributed by atoms with Gasteiger partial charge in [0.25, 0.3) is 0 Å². The minimum Gasteiger partial charge on any atom is -0.317 e. The molecule has 1 aromatic rings. The van der Waals surface area contributed by atoms with Gasteiger partial charge in [-0.05, 0) is 38.3 Å². The summed E-state index contributed by atoms with van der Waals surface area (Å²) in [6.45, 7) is 2.22. The zero-order valence-electron chi connectivity index (χ0n) is 7.13. The molecule has 0 bridgehead atoms. The largest absolute Gasteiger partial charge is 0.317 e. The van der Waals surface area contributed by atoms with Crippen LogP contribution in [0.25, 0.3) is 0 Å². The van der Waals surface area contributed by atoms with Crippen molar-refractivity contribution in [3.63, 3.8) is 0 Å². The lowest BCUT2D eigenvalue weighted by Crippen LogP contribution is -2.21. The van der Waals surface area contributed by atoms with Crippen molar-refractivity contribution in [3.05, 3.63) is 22.4 Å². The van der Waals surface area contributed by atoms with E-state index >= 15 is 0 Å². The van der Waals surface area contributed by atoms with Crippen molar-refractivity contribution in [2.45, 2.75) is 25.8 Å². The second-order valence-electron chi connectivity index (χ2n) is 2.81. The van der Waals surface area contributed by atoms with Gasteiger partial charge in [-0.25, -0.2) is 0 Å². The van der Waals surface area contributed by atoms with Gasteiger partial charge in [0.15, 0.2) is 0 Å². The molecule has 2 heteroatoms. The van der Waals surface area contributed by atoms with Crippen LogP contribution in [0, 0.1) is 0 Å². The van der Waals surface area contributed by atoms with E-state index < -0.39 is 0 Å². The molecule has 11 heavy (non-hydrogen) atoms. The lowest BCUT2D eigenvalue weighted by atomic mass is 10.2. The molecule has 1 atom stereocenters. The molecule has 0 aliphatic heterocycles. The monoisotopic (exact) mass is 169 g/mol. The van der Waals surface area contributed by atoms with Crippen LogP contribution in [0.1, 0.15) is 18.2 Å². The third kappa shape index (κ3) is 3.04. The van der Waals surface area contributed by atoms with E-state index in [1.807, 2.05) is 18.4 Å². The van der Waals surface area contributed by atoms with E-state index in [4.69, 9.17) is 0 Å². The molecule has 0 amide bonds. The smallest absolute Gasteiger partial charge is 0.00458 e. The Bertz CT molecular complexity index is 181.